The second-order valence-corrected chi connectivity index (χ2v) is 13.9. The van der Waals surface area contributed by atoms with Crippen molar-refractivity contribution in [3.05, 3.63) is 199 Å². The van der Waals surface area contributed by atoms with Crippen molar-refractivity contribution in [1.29, 1.82) is 0 Å². The minimum atomic E-state index is -0.170. The molecule has 6 aromatic carbocycles. The summed E-state index contributed by atoms with van der Waals surface area (Å²) in [6.07, 6.45) is 6.13. The van der Waals surface area contributed by atoms with Crippen LogP contribution in [0.3, 0.4) is 0 Å². The van der Waals surface area contributed by atoms with Gasteiger partial charge in [-0.3, -0.25) is 5.32 Å². The highest BCUT2D eigenvalue weighted by atomic mass is 16.5. The summed E-state index contributed by atoms with van der Waals surface area (Å²) in [6.45, 7) is 10.8. The first kappa shape index (κ1) is 36.5. The highest BCUT2D eigenvalue weighted by molar-refractivity contribution is 5.86. The van der Waals surface area contributed by atoms with E-state index in [2.05, 4.69) is 168 Å². The van der Waals surface area contributed by atoms with E-state index in [1.54, 1.807) is 0 Å². The van der Waals surface area contributed by atoms with Crippen molar-refractivity contribution in [1.82, 2.24) is 10.2 Å². The minimum Gasteiger partial charge on any atom is -0.457 e. The zero-order chi connectivity index (χ0) is 38.6. The van der Waals surface area contributed by atoms with Gasteiger partial charge in [-0.15, -0.1) is 0 Å². The molecule has 0 radical (unpaired) electrons. The van der Waals surface area contributed by atoms with E-state index in [9.17, 15) is 0 Å². The van der Waals surface area contributed by atoms with Crippen molar-refractivity contribution in [3.8, 4) is 17.2 Å². The van der Waals surface area contributed by atoms with E-state index in [0.29, 0.717) is 0 Å². The highest BCUT2D eigenvalue weighted by Crippen LogP contribution is 2.50. The van der Waals surface area contributed by atoms with Gasteiger partial charge < -0.3 is 24.2 Å². The SMILES string of the molecule is C=C(c1ccccc1)N(C)C(NC(C)c1ccc(N2C3=C(CCC=C3)Oc3ccccc32)cc1)c1ccc(N2c3ccccc3Oc3ccccc32)cc1.CC. The predicted octanol–water partition coefficient (Wildman–Crippen LogP) is 13.3. The number of rotatable bonds is 9. The number of fused-ring (bicyclic) bond motifs is 3. The van der Waals surface area contributed by atoms with E-state index in [1.165, 1.54) is 5.56 Å². The maximum atomic E-state index is 6.34. The van der Waals surface area contributed by atoms with Crippen LogP contribution in [0.1, 0.15) is 62.5 Å². The first-order valence-electron chi connectivity index (χ1n) is 19.6. The van der Waals surface area contributed by atoms with Crippen LogP contribution in [0.25, 0.3) is 5.70 Å². The lowest BCUT2D eigenvalue weighted by molar-refractivity contribution is 0.274. The van der Waals surface area contributed by atoms with Gasteiger partial charge in [0.15, 0.2) is 17.2 Å². The van der Waals surface area contributed by atoms with E-state index in [0.717, 1.165) is 86.8 Å². The van der Waals surface area contributed by atoms with Crippen molar-refractivity contribution in [2.75, 3.05) is 16.8 Å². The summed E-state index contributed by atoms with van der Waals surface area (Å²) in [5, 5.41) is 3.97. The van der Waals surface area contributed by atoms with Crippen LogP contribution >= 0.6 is 0 Å². The van der Waals surface area contributed by atoms with Crippen molar-refractivity contribution in [3.63, 3.8) is 0 Å². The van der Waals surface area contributed by atoms with Crippen LogP contribution in [0.4, 0.5) is 28.4 Å². The second-order valence-electron chi connectivity index (χ2n) is 13.9. The number of anilines is 5. The highest BCUT2D eigenvalue weighted by Gasteiger charge is 2.29. The Hall–Kier alpha value is -6.50. The molecule has 2 unspecified atom stereocenters. The topological polar surface area (TPSA) is 40.2 Å². The van der Waals surface area contributed by atoms with Crippen LogP contribution in [-0.2, 0) is 0 Å². The molecule has 6 heteroatoms. The predicted molar refractivity (Wildman–Crippen MR) is 231 cm³/mol. The summed E-state index contributed by atoms with van der Waals surface area (Å²) < 4.78 is 12.6. The van der Waals surface area contributed by atoms with Crippen molar-refractivity contribution in [2.24, 2.45) is 0 Å². The monoisotopic (exact) mass is 736 g/mol. The molecular weight excluding hydrogens is 689 g/mol. The Morgan fingerprint density at radius 1 is 0.625 bits per heavy atom. The lowest BCUT2D eigenvalue weighted by Gasteiger charge is -2.36. The zero-order valence-electron chi connectivity index (χ0n) is 32.5. The number of hydrogen-bond donors (Lipinski definition) is 1. The van der Waals surface area contributed by atoms with Crippen LogP contribution in [-0.4, -0.2) is 11.9 Å². The van der Waals surface area contributed by atoms with E-state index in [1.807, 2.05) is 50.2 Å². The standard InChI is InChI=1S/C48H42N4O2.C2H6/c1-33(35-25-29-38(30-26-35)51-40-17-7-11-21-44(40)53-45-22-12-8-18-41(45)51)49-48(50(3)34(2)36-15-5-4-6-16-36)37-27-31-39(32-28-37)52-42-19-9-13-23-46(42)54-47-24-14-10-20-43(47)52;1-2/h4-11,13-21,23-33,48-49H,2,12,22H2,1,3H3;1-2H3. The molecule has 280 valence electrons. The van der Waals surface area contributed by atoms with Gasteiger partial charge in [-0.1, -0.05) is 117 Å². The molecule has 0 bridgehead atoms. The lowest BCUT2D eigenvalue weighted by atomic mass is 10.0. The molecule has 0 amide bonds. The molecule has 2 heterocycles. The Balaban J connectivity index is 0.00000217. The van der Waals surface area contributed by atoms with E-state index < -0.39 is 0 Å². The number of hydrogen-bond acceptors (Lipinski definition) is 6. The molecule has 0 aromatic heterocycles. The maximum absolute atomic E-state index is 6.34. The lowest BCUT2D eigenvalue weighted by Crippen LogP contribution is -2.36. The van der Waals surface area contributed by atoms with Gasteiger partial charge in [0.2, 0.25) is 0 Å². The summed E-state index contributed by atoms with van der Waals surface area (Å²) >= 11 is 0. The first-order valence-corrected chi connectivity index (χ1v) is 19.6. The second kappa shape index (κ2) is 16.1. The average molecular weight is 737 g/mol. The van der Waals surface area contributed by atoms with Crippen LogP contribution in [0.2, 0.25) is 0 Å². The average Bonchev–Trinajstić information content (AvgIpc) is 3.27. The molecule has 1 N–H and O–H groups in total. The molecule has 1 aliphatic carbocycles. The quantitative estimate of drug-likeness (QED) is 0.149. The number of nitrogens with one attached hydrogen (secondary N) is 1. The molecule has 0 fully saturated rings. The molecule has 2 aliphatic heterocycles. The van der Waals surface area contributed by atoms with Gasteiger partial charge in [0, 0.05) is 36.6 Å². The zero-order valence-corrected chi connectivity index (χ0v) is 32.5. The molecule has 3 aliphatic rings. The fourth-order valence-corrected chi connectivity index (χ4v) is 7.66. The van der Waals surface area contributed by atoms with Crippen LogP contribution < -0.4 is 24.6 Å². The summed E-state index contributed by atoms with van der Waals surface area (Å²) in [7, 11) is 2.12. The largest absolute Gasteiger partial charge is 0.457 e. The van der Waals surface area contributed by atoms with Crippen molar-refractivity contribution >= 4 is 34.1 Å². The number of benzene rings is 6. The third-order valence-electron chi connectivity index (χ3n) is 10.6. The van der Waals surface area contributed by atoms with Gasteiger partial charge in [-0.25, -0.2) is 0 Å². The molecule has 0 spiro atoms. The molecular formula is C50H48N4O2. The summed E-state index contributed by atoms with van der Waals surface area (Å²) in [5.74, 6) is 3.59. The summed E-state index contributed by atoms with van der Waals surface area (Å²) in [4.78, 5) is 6.83. The number of para-hydroxylation sites is 6. The summed E-state index contributed by atoms with van der Waals surface area (Å²) in [6, 6.07) is 52.8. The van der Waals surface area contributed by atoms with E-state index in [4.69, 9.17) is 9.47 Å². The van der Waals surface area contributed by atoms with Crippen LogP contribution in [0.5, 0.6) is 17.2 Å². The third kappa shape index (κ3) is 6.96. The summed E-state index contributed by atoms with van der Waals surface area (Å²) in [5.41, 5.74) is 10.7. The van der Waals surface area contributed by atoms with Gasteiger partial charge in [-0.2, -0.15) is 0 Å². The van der Waals surface area contributed by atoms with Gasteiger partial charge in [0.1, 0.15) is 11.9 Å². The van der Waals surface area contributed by atoms with Crippen molar-refractivity contribution < 1.29 is 9.47 Å². The number of allylic oxidation sites excluding steroid dienone is 3. The van der Waals surface area contributed by atoms with Crippen LogP contribution in [0.15, 0.2) is 182 Å². The van der Waals surface area contributed by atoms with E-state index >= 15 is 0 Å². The van der Waals surface area contributed by atoms with Gasteiger partial charge in [0.25, 0.3) is 0 Å². The molecule has 0 saturated carbocycles. The fourth-order valence-electron chi connectivity index (χ4n) is 7.66. The minimum absolute atomic E-state index is 0.0223. The molecule has 6 aromatic rings. The maximum Gasteiger partial charge on any atom is 0.151 e. The number of ether oxygens (including phenoxy) is 2. The molecule has 0 saturated heterocycles. The Kier molecular flexibility index (Phi) is 10.5. The normalized spacial score (nSPS) is 14.7. The first-order chi connectivity index (χ1) is 27.5. The Morgan fingerprint density at radius 2 is 1.12 bits per heavy atom. The van der Waals surface area contributed by atoms with Gasteiger partial charge in [-0.05, 0) is 96.8 Å². The molecule has 9 rings (SSSR count). The molecule has 56 heavy (non-hydrogen) atoms. The third-order valence-corrected chi connectivity index (χ3v) is 10.6. The van der Waals surface area contributed by atoms with Crippen molar-refractivity contribution in [2.45, 2.75) is 45.8 Å². The Morgan fingerprint density at radius 3 is 1.73 bits per heavy atom. The fraction of sp³-hybridized carbons (Fsp3) is 0.160. The smallest absolute Gasteiger partial charge is 0.151 e. The number of nitrogens with zero attached hydrogens (tertiary/aromatic N) is 3. The van der Waals surface area contributed by atoms with Gasteiger partial charge in [0.05, 0.1) is 22.8 Å². The Labute approximate surface area is 331 Å². The van der Waals surface area contributed by atoms with Crippen LogP contribution in [0, 0.1) is 0 Å². The van der Waals surface area contributed by atoms with Gasteiger partial charge >= 0.3 is 0 Å². The molecule has 6 nitrogen and oxygen atoms in total. The Bertz CT molecular complexity index is 2340. The molecule has 2 atom stereocenters. The van der Waals surface area contributed by atoms with E-state index in [-0.39, 0.29) is 12.2 Å².